The maximum atomic E-state index is 6.08. The molecule has 1 aliphatic rings. The van der Waals surface area contributed by atoms with E-state index in [-0.39, 0.29) is 4.75 Å². The van der Waals surface area contributed by atoms with Gasteiger partial charge in [0.1, 0.15) is 10.6 Å². The molecule has 0 N–H and O–H groups in total. The number of anilines is 1. The van der Waals surface area contributed by atoms with E-state index < -0.39 is 0 Å². The summed E-state index contributed by atoms with van der Waals surface area (Å²) in [5.41, 5.74) is 0. The number of aryl methyl sites for hydroxylation is 1. The molecular weight excluding hydrogens is 298 g/mol. The zero-order valence-electron chi connectivity index (χ0n) is 11.2. The van der Waals surface area contributed by atoms with Crippen LogP contribution in [0.5, 0.6) is 0 Å². The standard InChI is InChI=1S/C13H16ClN3S2/c1-8-6-9-10(15-12(14)16-11(9)19-8)17-4-5-18-13(2,3)7-17/h6H,4-5,7H2,1-3H3. The van der Waals surface area contributed by atoms with Crippen molar-refractivity contribution < 1.29 is 0 Å². The van der Waals surface area contributed by atoms with Crippen molar-refractivity contribution in [2.45, 2.75) is 25.5 Å². The minimum atomic E-state index is 0.257. The SMILES string of the molecule is Cc1cc2c(N3CCSC(C)(C)C3)nc(Cl)nc2s1. The lowest BCUT2D eigenvalue weighted by Gasteiger charge is -2.38. The Morgan fingerprint density at radius 1 is 1.37 bits per heavy atom. The molecule has 3 heterocycles. The van der Waals surface area contributed by atoms with Crippen LogP contribution < -0.4 is 4.90 Å². The monoisotopic (exact) mass is 313 g/mol. The van der Waals surface area contributed by atoms with Gasteiger partial charge >= 0.3 is 0 Å². The minimum Gasteiger partial charge on any atom is -0.354 e. The van der Waals surface area contributed by atoms with Crippen LogP contribution in [0.15, 0.2) is 6.07 Å². The molecule has 1 saturated heterocycles. The van der Waals surface area contributed by atoms with Crippen LogP contribution >= 0.6 is 34.7 Å². The van der Waals surface area contributed by atoms with Crippen LogP contribution in [0.2, 0.25) is 5.28 Å². The van der Waals surface area contributed by atoms with Crippen LogP contribution in [0.3, 0.4) is 0 Å². The third-order valence-electron chi connectivity index (χ3n) is 3.19. The summed E-state index contributed by atoms with van der Waals surface area (Å²) >= 11 is 9.77. The van der Waals surface area contributed by atoms with Crippen LogP contribution in [0.4, 0.5) is 5.82 Å². The maximum absolute atomic E-state index is 6.08. The summed E-state index contributed by atoms with van der Waals surface area (Å²) in [5.74, 6) is 2.12. The molecule has 2 aromatic rings. The number of hydrogen-bond donors (Lipinski definition) is 0. The molecule has 2 aromatic heterocycles. The van der Waals surface area contributed by atoms with Crippen molar-refractivity contribution >= 4 is 50.7 Å². The molecule has 0 spiro atoms. The molecule has 19 heavy (non-hydrogen) atoms. The summed E-state index contributed by atoms with van der Waals surface area (Å²) in [7, 11) is 0. The Labute approximate surface area is 126 Å². The number of thiophene rings is 1. The normalized spacial score (nSPS) is 19.1. The van der Waals surface area contributed by atoms with E-state index in [2.05, 4.69) is 41.7 Å². The smallest absolute Gasteiger partial charge is 0.225 e. The predicted octanol–water partition coefficient (Wildman–Crippen LogP) is 3.98. The summed E-state index contributed by atoms with van der Waals surface area (Å²) in [5, 5.41) is 1.48. The Kier molecular flexibility index (Phi) is 3.39. The van der Waals surface area contributed by atoms with Gasteiger partial charge in [-0.1, -0.05) is 0 Å². The molecule has 0 bridgehead atoms. The average Bonchev–Trinajstić information content (AvgIpc) is 2.66. The van der Waals surface area contributed by atoms with E-state index in [1.54, 1.807) is 11.3 Å². The van der Waals surface area contributed by atoms with Gasteiger partial charge < -0.3 is 4.90 Å². The molecule has 6 heteroatoms. The summed E-state index contributed by atoms with van der Waals surface area (Å²) in [4.78, 5) is 13.4. The van der Waals surface area contributed by atoms with Crippen molar-refractivity contribution in [1.82, 2.24) is 9.97 Å². The third kappa shape index (κ3) is 2.69. The molecule has 0 aromatic carbocycles. The lowest BCUT2D eigenvalue weighted by molar-refractivity contribution is 0.643. The van der Waals surface area contributed by atoms with E-state index in [0.717, 1.165) is 34.9 Å². The first-order valence-electron chi connectivity index (χ1n) is 6.27. The molecule has 0 unspecified atom stereocenters. The number of halogens is 1. The topological polar surface area (TPSA) is 29.0 Å². The lowest BCUT2D eigenvalue weighted by atomic mass is 10.2. The number of thioether (sulfide) groups is 1. The van der Waals surface area contributed by atoms with Gasteiger partial charge in [-0.3, -0.25) is 0 Å². The molecule has 0 amide bonds. The average molecular weight is 314 g/mol. The highest BCUT2D eigenvalue weighted by Crippen LogP contribution is 2.36. The molecular formula is C13H16ClN3S2. The van der Waals surface area contributed by atoms with E-state index in [0.29, 0.717) is 5.28 Å². The second-order valence-electron chi connectivity index (χ2n) is 5.42. The number of rotatable bonds is 1. The quantitative estimate of drug-likeness (QED) is 0.745. The molecule has 0 aliphatic carbocycles. The van der Waals surface area contributed by atoms with Crippen molar-refractivity contribution in [3.8, 4) is 0 Å². The molecule has 1 aliphatic heterocycles. The number of nitrogens with zero attached hydrogens (tertiary/aromatic N) is 3. The molecule has 0 radical (unpaired) electrons. The van der Waals surface area contributed by atoms with E-state index in [1.807, 2.05) is 11.8 Å². The molecule has 0 atom stereocenters. The Bertz CT molecular complexity index is 624. The maximum Gasteiger partial charge on any atom is 0.225 e. The van der Waals surface area contributed by atoms with E-state index in [1.165, 1.54) is 4.88 Å². The van der Waals surface area contributed by atoms with E-state index in [4.69, 9.17) is 11.6 Å². The van der Waals surface area contributed by atoms with Gasteiger partial charge in [0.25, 0.3) is 0 Å². The fourth-order valence-electron chi connectivity index (χ4n) is 2.44. The highest BCUT2D eigenvalue weighted by atomic mass is 35.5. The highest BCUT2D eigenvalue weighted by Gasteiger charge is 2.29. The van der Waals surface area contributed by atoms with Gasteiger partial charge in [-0.15, -0.1) is 11.3 Å². The third-order valence-corrected chi connectivity index (χ3v) is 5.60. The molecule has 1 fully saturated rings. The summed E-state index contributed by atoms with van der Waals surface area (Å²) in [6, 6.07) is 2.17. The van der Waals surface area contributed by atoms with Gasteiger partial charge in [-0.05, 0) is 38.4 Å². The highest BCUT2D eigenvalue weighted by molar-refractivity contribution is 8.00. The second kappa shape index (κ2) is 4.79. The molecule has 3 rings (SSSR count). The van der Waals surface area contributed by atoms with Gasteiger partial charge in [-0.25, -0.2) is 4.98 Å². The first-order valence-corrected chi connectivity index (χ1v) is 8.45. The Morgan fingerprint density at radius 2 is 2.16 bits per heavy atom. The van der Waals surface area contributed by atoms with Gasteiger partial charge in [0.05, 0.1) is 5.39 Å². The van der Waals surface area contributed by atoms with Gasteiger partial charge in [0.15, 0.2) is 0 Å². The van der Waals surface area contributed by atoms with Crippen LogP contribution in [-0.2, 0) is 0 Å². The Hall–Kier alpha value is -0.520. The summed E-state index contributed by atoms with van der Waals surface area (Å²) < 4.78 is 0.257. The first-order chi connectivity index (χ1) is 8.94. The zero-order valence-corrected chi connectivity index (χ0v) is 13.6. The van der Waals surface area contributed by atoms with Gasteiger partial charge in [0.2, 0.25) is 5.28 Å². The van der Waals surface area contributed by atoms with E-state index >= 15 is 0 Å². The van der Waals surface area contributed by atoms with Crippen molar-refractivity contribution in [2.75, 3.05) is 23.7 Å². The number of hydrogen-bond acceptors (Lipinski definition) is 5. The van der Waals surface area contributed by atoms with Crippen LogP contribution in [0, 0.1) is 6.92 Å². The second-order valence-corrected chi connectivity index (χ2v) is 8.80. The largest absolute Gasteiger partial charge is 0.354 e. The Balaban J connectivity index is 2.08. The van der Waals surface area contributed by atoms with Crippen LogP contribution in [0.1, 0.15) is 18.7 Å². The van der Waals surface area contributed by atoms with Crippen molar-refractivity contribution in [2.24, 2.45) is 0 Å². The summed E-state index contributed by atoms with van der Waals surface area (Å²) in [6.45, 7) is 8.67. The lowest BCUT2D eigenvalue weighted by Crippen LogP contribution is -2.43. The van der Waals surface area contributed by atoms with E-state index in [9.17, 15) is 0 Å². The van der Waals surface area contributed by atoms with Gasteiger partial charge in [0, 0.05) is 28.5 Å². The molecule has 0 saturated carbocycles. The molecule has 102 valence electrons. The fourth-order valence-corrected chi connectivity index (χ4v) is 4.64. The van der Waals surface area contributed by atoms with Crippen LogP contribution in [-0.4, -0.2) is 33.6 Å². The zero-order chi connectivity index (χ0) is 13.6. The first kappa shape index (κ1) is 13.5. The summed E-state index contributed by atoms with van der Waals surface area (Å²) in [6.07, 6.45) is 0. The number of fused-ring (bicyclic) bond motifs is 1. The van der Waals surface area contributed by atoms with Crippen LogP contribution in [0.25, 0.3) is 10.2 Å². The minimum absolute atomic E-state index is 0.257. The van der Waals surface area contributed by atoms with Crippen molar-refractivity contribution in [3.63, 3.8) is 0 Å². The number of aromatic nitrogens is 2. The van der Waals surface area contributed by atoms with Crippen molar-refractivity contribution in [1.29, 1.82) is 0 Å². The van der Waals surface area contributed by atoms with Crippen molar-refractivity contribution in [3.05, 3.63) is 16.2 Å². The fraction of sp³-hybridized carbons (Fsp3) is 0.538. The Morgan fingerprint density at radius 3 is 2.89 bits per heavy atom. The predicted molar refractivity (Wildman–Crippen MR) is 85.9 cm³/mol. The van der Waals surface area contributed by atoms with Gasteiger partial charge in [-0.2, -0.15) is 16.7 Å². The molecule has 3 nitrogen and oxygen atoms in total.